The fourth-order valence-electron chi connectivity index (χ4n) is 2.51. The second kappa shape index (κ2) is 8.89. The van der Waals surface area contributed by atoms with E-state index >= 15 is 0 Å². The Hall–Kier alpha value is -2.42. The molecule has 0 aliphatic heterocycles. The van der Waals surface area contributed by atoms with E-state index < -0.39 is 0 Å². The van der Waals surface area contributed by atoms with Gasteiger partial charge in [0.1, 0.15) is 11.9 Å². The Labute approximate surface area is 137 Å². The lowest BCUT2D eigenvalue weighted by Gasteiger charge is -2.17. The molecule has 3 heteroatoms. The standard InChI is InChI=1S/C20H22O3/c1-16(21)23-20(18-10-6-3-7-11-18)15-14-19(22)13-12-17-8-4-2-5-9-17/h2-11,20H,12-15H2,1H3/t20-/m1/s1. The van der Waals surface area contributed by atoms with Crippen LogP contribution in [-0.4, -0.2) is 11.8 Å². The zero-order chi connectivity index (χ0) is 16.5. The molecule has 0 saturated carbocycles. The van der Waals surface area contributed by atoms with Gasteiger partial charge in [0.05, 0.1) is 0 Å². The second-order valence-electron chi connectivity index (χ2n) is 5.57. The summed E-state index contributed by atoms with van der Waals surface area (Å²) in [5.74, 6) is -0.127. The van der Waals surface area contributed by atoms with Crippen molar-refractivity contribution in [3.63, 3.8) is 0 Å². The van der Waals surface area contributed by atoms with Crippen molar-refractivity contribution < 1.29 is 14.3 Å². The van der Waals surface area contributed by atoms with Gasteiger partial charge in [-0.25, -0.2) is 0 Å². The van der Waals surface area contributed by atoms with Gasteiger partial charge in [0.2, 0.25) is 0 Å². The van der Waals surface area contributed by atoms with Gasteiger partial charge in [-0.15, -0.1) is 0 Å². The third-order valence-corrected chi connectivity index (χ3v) is 3.70. The smallest absolute Gasteiger partial charge is 0.303 e. The molecule has 0 aliphatic rings. The van der Waals surface area contributed by atoms with Gasteiger partial charge in [-0.3, -0.25) is 9.59 Å². The average molecular weight is 310 g/mol. The van der Waals surface area contributed by atoms with Crippen LogP contribution in [-0.2, 0) is 20.7 Å². The average Bonchev–Trinajstić information content (AvgIpc) is 2.58. The molecule has 3 nitrogen and oxygen atoms in total. The van der Waals surface area contributed by atoms with E-state index in [0.717, 1.165) is 12.0 Å². The Morgan fingerprint density at radius 2 is 1.52 bits per heavy atom. The van der Waals surface area contributed by atoms with Crippen molar-refractivity contribution in [2.24, 2.45) is 0 Å². The monoisotopic (exact) mass is 310 g/mol. The van der Waals surface area contributed by atoms with Gasteiger partial charge in [0.15, 0.2) is 0 Å². The van der Waals surface area contributed by atoms with Crippen LogP contribution in [0.5, 0.6) is 0 Å². The Morgan fingerprint density at radius 1 is 0.913 bits per heavy atom. The van der Waals surface area contributed by atoms with Crippen LogP contribution in [0.2, 0.25) is 0 Å². The van der Waals surface area contributed by atoms with Gasteiger partial charge < -0.3 is 4.74 Å². The molecule has 0 spiro atoms. The van der Waals surface area contributed by atoms with Crippen molar-refractivity contribution in [2.45, 2.75) is 38.7 Å². The molecule has 0 aromatic heterocycles. The molecular weight excluding hydrogens is 288 g/mol. The lowest BCUT2D eigenvalue weighted by atomic mass is 10.00. The summed E-state index contributed by atoms with van der Waals surface area (Å²) >= 11 is 0. The van der Waals surface area contributed by atoms with E-state index in [2.05, 4.69) is 0 Å². The van der Waals surface area contributed by atoms with Crippen LogP contribution in [0.3, 0.4) is 0 Å². The largest absolute Gasteiger partial charge is 0.458 e. The van der Waals surface area contributed by atoms with E-state index in [0.29, 0.717) is 19.3 Å². The molecule has 0 heterocycles. The number of rotatable bonds is 8. The van der Waals surface area contributed by atoms with Crippen LogP contribution in [0.1, 0.15) is 43.4 Å². The number of carbonyl (C=O) groups is 2. The van der Waals surface area contributed by atoms with Gasteiger partial charge >= 0.3 is 5.97 Å². The number of ketones is 1. The normalized spacial score (nSPS) is 11.7. The van der Waals surface area contributed by atoms with Crippen LogP contribution < -0.4 is 0 Å². The predicted octanol–water partition coefficient (Wildman–Crippen LogP) is 4.27. The molecule has 23 heavy (non-hydrogen) atoms. The SMILES string of the molecule is CC(=O)O[C@H](CCC(=O)CCc1ccccc1)c1ccccc1. The zero-order valence-corrected chi connectivity index (χ0v) is 13.4. The zero-order valence-electron chi connectivity index (χ0n) is 13.4. The minimum absolute atomic E-state index is 0.196. The van der Waals surface area contributed by atoms with Crippen LogP contribution in [0.4, 0.5) is 0 Å². The third kappa shape index (κ3) is 6.07. The van der Waals surface area contributed by atoms with Crippen molar-refractivity contribution in [3.8, 4) is 0 Å². The maximum atomic E-state index is 12.1. The number of esters is 1. The fourth-order valence-corrected chi connectivity index (χ4v) is 2.51. The summed E-state index contributed by atoms with van der Waals surface area (Å²) in [7, 11) is 0. The number of hydrogen-bond acceptors (Lipinski definition) is 3. The van der Waals surface area contributed by atoms with E-state index in [1.165, 1.54) is 12.5 Å². The summed E-state index contributed by atoms with van der Waals surface area (Å²) in [6.45, 7) is 1.40. The maximum Gasteiger partial charge on any atom is 0.303 e. The van der Waals surface area contributed by atoms with Crippen LogP contribution in [0, 0.1) is 0 Å². The molecule has 0 aliphatic carbocycles. The first kappa shape index (κ1) is 16.9. The highest BCUT2D eigenvalue weighted by atomic mass is 16.5. The summed E-state index contributed by atoms with van der Waals surface area (Å²) in [5.41, 5.74) is 2.10. The number of carbonyl (C=O) groups excluding carboxylic acids is 2. The Morgan fingerprint density at radius 3 is 2.13 bits per heavy atom. The summed E-state index contributed by atoms with van der Waals surface area (Å²) in [6, 6.07) is 19.5. The molecular formula is C20H22O3. The van der Waals surface area contributed by atoms with Gasteiger partial charge in [-0.05, 0) is 24.0 Å². The Balaban J connectivity index is 1.85. The van der Waals surface area contributed by atoms with Crippen molar-refractivity contribution in [1.29, 1.82) is 0 Å². The van der Waals surface area contributed by atoms with E-state index in [1.807, 2.05) is 60.7 Å². The van der Waals surface area contributed by atoms with E-state index in [9.17, 15) is 9.59 Å². The number of Topliss-reactive ketones (excluding diaryl/α,β-unsaturated/α-hetero) is 1. The molecule has 1 atom stereocenters. The Bertz CT molecular complexity index is 620. The van der Waals surface area contributed by atoms with E-state index in [1.54, 1.807) is 0 Å². The van der Waals surface area contributed by atoms with Crippen molar-refractivity contribution in [2.75, 3.05) is 0 Å². The molecule has 2 aromatic rings. The summed E-state index contributed by atoms with van der Waals surface area (Å²) in [4.78, 5) is 23.4. The minimum atomic E-state index is -0.352. The van der Waals surface area contributed by atoms with Crippen LogP contribution in [0.25, 0.3) is 0 Å². The van der Waals surface area contributed by atoms with Gasteiger partial charge in [-0.1, -0.05) is 60.7 Å². The lowest BCUT2D eigenvalue weighted by Crippen LogP contribution is -2.11. The third-order valence-electron chi connectivity index (χ3n) is 3.70. The molecule has 2 rings (SSSR count). The van der Waals surface area contributed by atoms with Crippen LogP contribution >= 0.6 is 0 Å². The molecule has 2 aromatic carbocycles. The molecule has 0 radical (unpaired) electrons. The molecule has 0 amide bonds. The van der Waals surface area contributed by atoms with E-state index in [-0.39, 0.29) is 17.9 Å². The quantitative estimate of drug-likeness (QED) is 0.684. The lowest BCUT2D eigenvalue weighted by molar-refractivity contribution is -0.147. The molecule has 0 N–H and O–H groups in total. The maximum absolute atomic E-state index is 12.1. The van der Waals surface area contributed by atoms with Gasteiger partial charge in [0, 0.05) is 19.8 Å². The summed E-state index contributed by atoms with van der Waals surface area (Å²) in [6.07, 6.45) is 1.86. The van der Waals surface area contributed by atoms with Gasteiger partial charge in [-0.2, -0.15) is 0 Å². The van der Waals surface area contributed by atoms with Crippen molar-refractivity contribution >= 4 is 11.8 Å². The topological polar surface area (TPSA) is 43.4 Å². The van der Waals surface area contributed by atoms with Crippen molar-refractivity contribution in [3.05, 3.63) is 71.8 Å². The minimum Gasteiger partial charge on any atom is -0.458 e. The number of ether oxygens (including phenoxy) is 1. The summed E-state index contributed by atoms with van der Waals surface area (Å²) < 4.78 is 5.36. The fraction of sp³-hybridized carbons (Fsp3) is 0.300. The molecule has 120 valence electrons. The summed E-state index contributed by atoms with van der Waals surface area (Å²) in [5, 5.41) is 0. The molecule has 0 fully saturated rings. The first-order valence-electron chi connectivity index (χ1n) is 7.93. The first-order valence-corrected chi connectivity index (χ1v) is 7.93. The molecule has 0 bridgehead atoms. The van der Waals surface area contributed by atoms with Crippen LogP contribution in [0.15, 0.2) is 60.7 Å². The highest BCUT2D eigenvalue weighted by Crippen LogP contribution is 2.23. The highest BCUT2D eigenvalue weighted by Gasteiger charge is 2.16. The number of benzene rings is 2. The number of aryl methyl sites for hydroxylation is 1. The first-order chi connectivity index (χ1) is 11.1. The predicted molar refractivity (Wildman–Crippen MR) is 90.0 cm³/mol. The molecule has 0 saturated heterocycles. The number of hydrogen-bond donors (Lipinski definition) is 0. The highest BCUT2D eigenvalue weighted by molar-refractivity contribution is 5.78. The van der Waals surface area contributed by atoms with Crippen molar-refractivity contribution in [1.82, 2.24) is 0 Å². The second-order valence-corrected chi connectivity index (χ2v) is 5.57. The van der Waals surface area contributed by atoms with Gasteiger partial charge in [0.25, 0.3) is 0 Å². The van der Waals surface area contributed by atoms with E-state index in [4.69, 9.17) is 4.74 Å². The Kier molecular flexibility index (Phi) is 6.55. The molecule has 0 unspecified atom stereocenters.